The van der Waals surface area contributed by atoms with Crippen molar-refractivity contribution in [3.05, 3.63) is 40.0 Å². The number of hydrazine groups is 1. The summed E-state index contributed by atoms with van der Waals surface area (Å²) in [5.41, 5.74) is 3.61. The molecule has 2 aromatic rings. The Morgan fingerprint density at radius 1 is 1.41 bits per heavy atom. The zero-order chi connectivity index (χ0) is 12.3. The van der Waals surface area contributed by atoms with Crippen molar-refractivity contribution in [3.63, 3.8) is 0 Å². The molecule has 0 aliphatic rings. The quantitative estimate of drug-likeness (QED) is 0.644. The van der Waals surface area contributed by atoms with Crippen LogP contribution < -0.4 is 11.3 Å². The Hall–Kier alpha value is -1.46. The van der Waals surface area contributed by atoms with Crippen LogP contribution in [0.5, 0.6) is 0 Å². The highest BCUT2D eigenvalue weighted by Crippen LogP contribution is 2.18. The van der Waals surface area contributed by atoms with Gasteiger partial charge in [0.2, 0.25) is 0 Å². The van der Waals surface area contributed by atoms with Gasteiger partial charge in [0.1, 0.15) is 11.6 Å². The number of nitrogen functional groups attached to an aromatic ring is 1. The number of nitrogens with two attached hydrogens (primary N) is 1. The van der Waals surface area contributed by atoms with Gasteiger partial charge in [-0.1, -0.05) is 19.9 Å². The molecule has 2 heterocycles. The van der Waals surface area contributed by atoms with E-state index in [0.717, 1.165) is 17.9 Å². The molecule has 0 atom stereocenters. The van der Waals surface area contributed by atoms with Gasteiger partial charge in [0.15, 0.2) is 0 Å². The maximum atomic E-state index is 5.42. The summed E-state index contributed by atoms with van der Waals surface area (Å²) in [6, 6.07) is 6.02. The molecule has 0 spiro atoms. The van der Waals surface area contributed by atoms with Crippen LogP contribution in [0.1, 0.15) is 36.2 Å². The van der Waals surface area contributed by atoms with Gasteiger partial charge < -0.3 is 5.43 Å². The first kappa shape index (κ1) is 12.0. The van der Waals surface area contributed by atoms with E-state index in [4.69, 9.17) is 5.84 Å². The summed E-state index contributed by atoms with van der Waals surface area (Å²) in [5, 5.41) is 2.06. The number of nitrogens with zero attached hydrogens (tertiary/aromatic N) is 2. The molecular formula is C12H16N4S. The predicted molar refractivity (Wildman–Crippen MR) is 71.1 cm³/mol. The van der Waals surface area contributed by atoms with Gasteiger partial charge >= 0.3 is 0 Å². The highest BCUT2D eigenvalue weighted by molar-refractivity contribution is 7.09. The molecule has 0 saturated heterocycles. The molecule has 0 aliphatic heterocycles. The Bertz CT molecular complexity index is 479. The lowest BCUT2D eigenvalue weighted by molar-refractivity contribution is 0.793. The number of hydrogen-bond donors (Lipinski definition) is 2. The molecule has 0 bridgehead atoms. The van der Waals surface area contributed by atoms with E-state index in [1.165, 1.54) is 4.88 Å². The van der Waals surface area contributed by atoms with Gasteiger partial charge in [0.25, 0.3) is 0 Å². The van der Waals surface area contributed by atoms with Crippen molar-refractivity contribution in [2.45, 2.75) is 26.2 Å². The topological polar surface area (TPSA) is 63.8 Å². The molecule has 0 aliphatic carbocycles. The molecule has 0 aromatic carbocycles. The average Bonchev–Trinajstić information content (AvgIpc) is 2.81. The minimum atomic E-state index is 0.368. The average molecular weight is 248 g/mol. The maximum Gasteiger partial charge on any atom is 0.143 e. The van der Waals surface area contributed by atoms with E-state index in [1.54, 1.807) is 11.3 Å². The molecule has 90 valence electrons. The van der Waals surface area contributed by atoms with Crippen molar-refractivity contribution in [2.24, 2.45) is 5.84 Å². The molecule has 2 aromatic heterocycles. The number of nitrogens with one attached hydrogen (secondary N) is 1. The fourth-order valence-electron chi connectivity index (χ4n) is 1.54. The smallest absolute Gasteiger partial charge is 0.143 e. The van der Waals surface area contributed by atoms with Crippen LogP contribution in [-0.4, -0.2) is 9.97 Å². The Morgan fingerprint density at radius 2 is 2.24 bits per heavy atom. The van der Waals surface area contributed by atoms with Gasteiger partial charge in [-0.25, -0.2) is 15.8 Å². The highest BCUT2D eigenvalue weighted by atomic mass is 32.1. The van der Waals surface area contributed by atoms with Crippen molar-refractivity contribution in [1.29, 1.82) is 0 Å². The SMILES string of the molecule is CC(C)c1cc(NN)nc(Cc2cccs2)n1. The largest absolute Gasteiger partial charge is 0.308 e. The molecule has 0 unspecified atom stereocenters. The van der Waals surface area contributed by atoms with Crippen molar-refractivity contribution < 1.29 is 0 Å². The Balaban J connectivity index is 2.29. The third kappa shape index (κ3) is 3.01. The molecule has 0 fully saturated rings. The highest BCUT2D eigenvalue weighted by Gasteiger charge is 2.08. The molecule has 2 rings (SSSR count). The minimum absolute atomic E-state index is 0.368. The first-order valence-corrected chi connectivity index (χ1v) is 6.44. The molecule has 0 saturated carbocycles. The van der Waals surface area contributed by atoms with E-state index in [2.05, 4.69) is 40.7 Å². The predicted octanol–water partition coefficient (Wildman–Crippen LogP) is 2.54. The number of rotatable bonds is 4. The normalized spacial score (nSPS) is 10.8. The van der Waals surface area contributed by atoms with Crippen LogP contribution in [0, 0.1) is 0 Å². The maximum absolute atomic E-state index is 5.42. The first-order chi connectivity index (χ1) is 8.19. The number of anilines is 1. The fraction of sp³-hybridized carbons (Fsp3) is 0.333. The molecule has 0 amide bonds. The number of thiophene rings is 1. The number of aromatic nitrogens is 2. The van der Waals surface area contributed by atoms with Gasteiger partial charge in [-0.3, -0.25) is 0 Å². The van der Waals surface area contributed by atoms with Crippen molar-refractivity contribution >= 4 is 17.2 Å². The van der Waals surface area contributed by atoms with E-state index in [1.807, 2.05) is 12.1 Å². The Morgan fingerprint density at radius 3 is 2.82 bits per heavy atom. The van der Waals surface area contributed by atoms with Gasteiger partial charge in [0, 0.05) is 23.1 Å². The van der Waals surface area contributed by atoms with Gasteiger partial charge in [-0.05, 0) is 17.4 Å². The fourth-order valence-corrected chi connectivity index (χ4v) is 2.24. The van der Waals surface area contributed by atoms with Gasteiger partial charge in [0.05, 0.1) is 0 Å². The molecule has 4 nitrogen and oxygen atoms in total. The monoisotopic (exact) mass is 248 g/mol. The molecule has 3 N–H and O–H groups in total. The molecular weight excluding hydrogens is 232 g/mol. The van der Waals surface area contributed by atoms with Crippen LogP contribution in [0.3, 0.4) is 0 Å². The summed E-state index contributed by atoms with van der Waals surface area (Å²) < 4.78 is 0. The lowest BCUT2D eigenvalue weighted by Crippen LogP contribution is -2.12. The van der Waals surface area contributed by atoms with Crippen LogP contribution in [0.15, 0.2) is 23.6 Å². The summed E-state index contributed by atoms with van der Waals surface area (Å²) in [4.78, 5) is 10.2. The van der Waals surface area contributed by atoms with Crippen molar-refractivity contribution in [3.8, 4) is 0 Å². The van der Waals surface area contributed by atoms with Gasteiger partial charge in [-0.2, -0.15) is 0 Å². The standard InChI is InChI=1S/C12H16N4S/c1-8(2)10-7-12(16-13)15-11(14-10)6-9-4-3-5-17-9/h3-5,7-8H,6,13H2,1-2H3,(H,14,15,16). The van der Waals surface area contributed by atoms with Crippen LogP contribution in [0.4, 0.5) is 5.82 Å². The molecule has 17 heavy (non-hydrogen) atoms. The summed E-state index contributed by atoms with van der Waals surface area (Å²) in [6.07, 6.45) is 0.757. The van der Waals surface area contributed by atoms with Crippen LogP contribution >= 0.6 is 11.3 Å². The second-order valence-corrected chi connectivity index (χ2v) is 5.18. The first-order valence-electron chi connectivity index (χ1n) is 5.56. The van der Waals surface area contributed by atoms with Crippen LogP contribution in [-0.2, 0) is 6.42 Å². The van der Waals surface area contributed by atoms with E-state index < -0.39 is 0 Å². The number of hydrogen-bond acceptors (Lipinski definition) is 5. The Labute approximate surface area is 105 Å². The van der Waals surface area contributed by atoms with E-state index in [9.17, 15) is 0 Å². The van der Waals surface area contributed by atoms with E-state index in [-0.39, 0.29) is 0 Å². The summed E-state index contributed by atoms with van der Waals surface area (Å²) >= 11 is 1.71. The third-order valence-electron chi connectivity index (χ3n) is 2.44. The van der Waals surface area contributed by atoms with Crippen LogP contribution in [0.25, 0.3) is 0 Å². The Kier molecular flexibility index (Phi) is 3.71. The zero-order valence-electron chi connectivity index (χ0n) is 9.97. The molecule has 5 heteroatoms. The second kappa shape index (κ2) is 5.25. The summed E-state index contributed by atoms with van der Waals surface area (Å²) in [7, 11) is 0. The summed E-state index contributed by atoms with van der Waals surface area (Å²) in [5.74, 6) is 7.28. The lowest BCUT2D eigenvalue weighted by Gasteiger charge is -2.09. The van der Waals surface area contributed by atoms with Crippen molar-refractivity contribution in [1.82, 2.24) is 9.97 Å². The molecule has 0 radical (unpaired) electrons. The second-order valence-electron chi connectivity index (χ2n) is 4.15. The van der Waals surface area contributed by atoms with Gasteiger partial charge in [-0.15, -0.1) is 11.3 Å². The van der Waals surface area contributed by atoms with E-state index in [0.29, 0.717) is 11.7 Å². The summed E-state index contributed by atoms with van der Waals surface area (Å²) in [6.45, 7) is 4.22. The van der Waals surface area contributed by atoms with Crippen molar-refractivity contribution in [2.75, 3.05) is 5.43 Å². The van der Waals surface area contributed by atoms with E-state index >= 15 is 0 Å². The minimum Gasteiger partial charge on any atom is -0.308 e. The zero-order valence-corrected chi connectivity index (χ0v) is 10.8. The third-order valence-corrected chi connectivity index (χ3v) is 3.32. The lowest BCUT2D eigenvalue weighted by atomic mass is 10.1. The van der Waals surface area contributed by atoms with Crippen LogP contribution in [0.2, 0.25) is 0 Å².